The minimum absolute atomic E-state index is 0.884. The normalized spacial score (nSPS) is 8.56. The van der Waals surface area contributed by atoms with E-state index in [9.17, 15) is 0 Å². The summed E-state index contributed by atoms with van der Waals surface area (Å²) >= 11 is 3.20. The fraction of sp³-hybridized carbons (Fsp3) is 0.333. The van der Waals surface area contributed by atoms with E-state index in [-0.39, 0.29) is 0 Å². The standard InChI is InChI=1S/C8H11N.C5H4BrN.C2H6/c1-6-4-7(2)9-8(3)5-6;6-5-3-1-2-4-7-5;1-2/h4-5H,1-3H3;1-4H;1-2H3. The van der Waals surface area contributed by atoms with Crippen molar-refractivity contribution < 1.29 is 0 Å². The molecule has 0 unspecified atom stereocenters. The summed E-state index contributed by atoms with van der Waals surface area (Å²) in [6.07, 6.45) is 1.74. The molecule has 2 rings (SSSR count). The Morgan fingerprint density at radius 1 is 0.944 bits per heavy atom. The van der Waals surface area contributed by atoms with Crippen LogP contribution in [0.15, 0.2) is 41.1 Å². The first-order valence-corrected chi connectivity index (χ1v) is 6.85. The first-order chi connectivity index (χ1) is 8.58. The minimum Gasteiger partial charge on any atom is -0.258 e. The molecule has 0 aliphatic carbocycles. The Kier molecular flexibility index (Phi) is 9.11. The average Bonchev–Trinajstić information content (AvgIpc) is 2.31. The van der Waals surface area contributed by atoms with Crippen LogP contribution in [-0.2, 0) is 0 Å². The van der Waals surface area contributed by atoms with Crippen LogP contribution in [0.1, 0.15) is 30.8 Å². The van der Waals surface area contributed by atoms with Gasteiger partial charge in [-0.25, -0.2) is 4.98 Å². The van der Waals surface area contributed by atoms with Crippen molar-refractivity contribution in [2.45, 2.75) is 34.6 Å². The predicted octanol–water partition coefficient (Wildman–Crippen LogP) is 4.88. The van der Waals surface area contributed by atoms with Gasteiger partial charge in [-0.05, 0) is 66.5 Å². The molecule has 0 N–H and O–H groups in total. The molecule has 98 valence electrons. The Labute approximate surface area is 119 Å². The summed E-state index contributed by atoms with van der Waals surface area (Å²) in [5, 5.41) is 0. The first kappa shape index (κ1) is 16.8. The average molecular weight is 309 g/mol. The first-order valence-electron chi connectivity index (χ1n) is 6.06. The molecule has 0 saturated heterocycles. The second-order valence-corrected chi connectivity index (χ2v) is 4.39. The lowest BCUT2D eigenvalue weighted by Gasteiger charge is -1.96. The van der Waals surface area contributed by atoms with Crippen LogP contribution in [-0.4, -0.2) is 9.97 Å². The topological polar surface area (TPSA) is 25.8 Å². The molecule has 0 atom stereocenters. The predicted molar refractivity (Wildman–Crippen MR) is 81.7 cm³/mol. The summed E-state index contributed by atoms with van der Waals surface area (Å²) in [5.41, 5.74) is 3.50. The number of aryl methyl sites for hydroxylation is 3. The van der Waals surface area contributed by atoms with Crippen LogP contribution < -0.4 is 0 Å². The Balaban J connectivity index is 0.000000289. The number of hydrogen-bond acceptors (Lipinski definition) is 2. The lowest BCUT2D eigenvalue weighted by atomic mass is 10.2. The molecular formula is C15H21BrN2. The van der Waals surface area contributed by atoms with Crippen molar-refractivity contribution in [1.29, 1.82) is 0 Å². The van der Waals surface area contributed by atoms with E-state index < -0.39 is 0 Å². The molecule has 2 heterocycles. The molecule has 2 nitrogen and oxygen atoms in total. The molecule has 0 amide bonds. The van der Waals surface area contributed by atoms with E-state index in [1.165, 1.54) is 5.56 Å². The van der Waals surface area contributed by atoms with Crippen molar-refractivity contribution in [3.63, 3.8) is 0 Å². The van der Waals surface area contributed by atoms with Crippen LogP contribution in [0.3, 0.4) is 0 Å². The molecule has 0 aromatic carbocycles. The van der Waals surface area contributed by atoms with Gasteiger partial charge in [0.15, 0.2) is 0 Å². The van der Waals surface area contributed by atoms with Crippen LogP contribution >= 0.6 is 15.9 Å². The van der Waals surface area contributed by atoms with E-state index in [4.69, 9.17) is 0 Å². The molecule has 18 heavy (non-hydrogen) atoms. The number of hydrogen-bond donors (Lipinski definition) is 0. The molecule has 0 bridgehead atoms. The largest absolute Gasteiger partial charge is 0.258 e. The minimum atomic E-state index is 0.884. The van der Waals surface area contributed by atoms with Gasteiger partial charge >= 0.3 is 0 Å². The van der Waals surface area contributed by atoms with Gasteiger partial charge in [0.2, 0.25) is 0 Å². The van der Waals surface area contributed by atoms with Gasteiger partial charge in [-0.2, -0.15) is 0 Å². The maximum absolute atomic E-state index is 4.23. The van der Waals surface area contributed by atoms with Gasteiger partial charge in [0, 0.05) is 17.6 Å². The highest BCUT2D eigenvalue weighted by molar-refractivity contribution is 9.10. The number of halogens is 1. The molecule has 0 saturated carbocycles. The molecule has 0 radical (unpaired) electrons. The fourth-order valence-electron chi connectivity index (χ4n) is 1.39. The van der Waals surface area contributed by atoms with Crippen molar-refractivity contribution in [2.24, 2.45) is 0 Å². The lowest BCUT2D eigenvalue weighted by molar-refractivity contribution is 1.10. The number of aromatic nitrogens is 2. The molecule has 0 aliphatic rings. The van der Waals surface area contributed by atoms with E-state index in [1.807, 2.05) is 45.9 Å². The van der Waals surface area contributed by atoms with Gasteiger partial charge in [0.25, 0.3) is 0 Å². The Bertz CT molecular complexity index is 391. The van der Waals surface area contributed by atoms with Gasteiger partial charge in [-0.1, -0.05) is 19.9 Å². The highest BCUT2D eigenvalue weighted by Gasteiger charge is 1.88. The Morgan fingerprint density at radius 2 is 1.50 bits per heavy atom. The number of pyridine rings is 2. The molecule has 2 aromatic rings. The molecule has 0 spiro atoms. The van der Waals surface area contributed by atoms with Crippen LogP contribution in [0.4, 0.5) is 0 Å². The summed E-state index contributed by atoms with van der Waals surface area (Å²) in [6, 6.07) is 9.85. The Morgan fingerprint density at radius 3 is 1.78 bits per heavy atom. The monoisotopic (exact) mass is 308 g/mol. The quantitative estimate of drug-likeness (QED) is 0.648. The van der Waals surface area contributed by atoms with Crippen LogP contribution in [0.5, 0.6) is 0 Å². The van der Waals surface area contributed by atoms with Crippen molar-refractivity contribution >= 4 is 15.9 Å². The van der Waals surface area contributed by atoms with Gasteiger partial charge in [-0.15, -0.1) is 0 Å². The lowest BCUT2D eigenvalue weighted by Crippen LogP contribution is -1.85. The third-order valence-electron chi connectivity index (χ3n) is 1.85. The second-order valence-electron chi connectivity index (χ2n) is 3.58. The van der Waals surface area contributed by atoms with Crippen molar-refractivity contribution in [1.82, 2.24) is 9.97 Å². The fourth-order valence-corrected chi connectivity index (χ4v) is 1.66. The van der Waals surface area contributed by atoms with Gasteiger partial charge < -0.3 is 0 Å². The van der Waals surface area contributed by atoms with Crippen molar-refractivity contribution in [3.8, 4) is 0 Å². The van der Waals surface area contributed by atoms with E-state index >= 15 is 0 Å². The van der Waals surface area contributed by atoms with E-state index in [0.717, 1.165) is 16.0 Å². The van der Waals surface area contributed by atoms with Crippen LogP contribution in [0.25, 0.3) is 0 Å². The van der Waals surface area contributed by atoms with Crippen LogP contribution in [0, 0.1) is 20.8 Å². The summed E-state index contributed by atoms with van der Waals surface area (Å²) in [7, 11) is 0. The number of nitrogens with zero attached hydrogens (tertiary/aromatic N) is 2. The van der Waals surface area contributed by atoms with Crippen molar-refractivity contribution in [2.75, 3.05) is 0 Å². The summed E-state index contributed by atoms with van der Waals surface area (Å²) in [5.74, 6) is 0. The zero-order valence-electron chi connectivity index (χ0n) is 11.7. The highest BCUT2D eigenvalue weighted by Crippen LogP contribution is 2.01. The zero-order valence-corrected chi connectivity index (χ0v) is 13.3. The molecule has 0 fully saturated rings. The van der Waals surface area contributed by atoms with E-state index in [1.54, 1.807) is 6.20 Å². The Hall–Kier alpha value is -1.22. The zero-order chi connectivity index (χ0) is 14.0. The SMILES string of the molecule is Brc1ccccn1.CC.Cc1cc(C)nc(C)c1. The molecule has 2 aromatic heterocycles. The van der Waals surface area contributed by atoms with Gasteiger partial charge in [-0.3, -0.25) is 4.98 Å². The van der Waals surface area contributed by atoms with Gasteiger partial charge in [0.05, 0.1) is 0 Å². The van der Waals surface area contributed by atoms with Gasteiger partial charge in [0.1, 0.15) is 4.60 Å². The maximum Gasteiger partial charge on any atom is 0.106 e. The number of rotatable bonds is 0. The smallest absolute Gasteiger partial charge is 0.106 e. The highest BCUT2D eigenvalue weighted by atomic mass is 79.9. The summed E-state index contributed by atoms with van der Waals surface area (Å²) < 4.78 is 0.884. The maximum atomic E-state index is 4.23. The van der Waals surface area contributed by atoms with E-state index in [0.29, 0.717) is 0 Å². The third-order valence-corrected chi connectivity index (χ3v) is 2.32. The molecule has 3 heteroatoms. The summed E-state index contributed by atoms with van der Waals surface area (Å²) in [6.45, 7) is 10.1. The third kappa shape index (κ3) is 7.96. The molecule has 0 aliphatic heterocycles. The summed E-state index contributed by atoms with van der Waals surface area (Å²) in [4.78, 5) is 8.13. The molecular weight excluding hydrogens is 288 g/mol. The van der Waals surface area contributed by atoms with Crippen molar-refractivity contribution in [3.05, 3.63) is 58.1 Å². The van der Waals surface area contributed by atoms with E-state index in [2.05, 4.69) is 45.0 Å². The van der Waals surface area contributed by atoms with Crippen LogP contribution in [0.2, 0.25) is 0 Å². The second kappa shape index (κ2) is 9.77.